The van der Waals surface area contributed by atoms with Crippen molar-refractivity contribution in [1.29, 1.82) is 0 Å². The van der Waals surface area contributed by atoms with Crippen LogP contribution in [0.1, 0.15) is 57.3 Å². The van der Waals surface area contributed by atoms with Crippen LogP contribution in [0.2, 0.25) is 5.02 Å². The second kappa shape index (κ2) is 11.9. The van der Waals surface area contributed by atoms with E-state index in [2.05, 4.69) is 4.74 Å². The molecule has 1 saturated heterocycles. The van der Waals surface area contributed by atoms with E-state index in [1.807, 2.05) is 20.8 Å². The molecule has 2 heterocycles. The summed E-state index contributed by atoms with van der Waals surface area (Å²) in [5, 5.41) is 9.57. The lowest BCUT2D eigenvalue weighted by Crippen LogP contribution is -2.47. The number of amides is 2. The minimum Gasteiger partial charge on any atom is -0.481 e. The predicted octanol–water partition coefficient (Wildman–Crippen LogP) is 5.82. The van der Waals surface area contributed by atoms with Gasteiger partial charge in [-0.25, -0.2) is 0 Å². The van der Waals surface area contributed by atoms with Crippen LogP contribution in [0.25, 0.3) is 0 Å². The molecule has 1 fully saturated rings. The van der Waals surface area contributed by atoms with Crippen molar-refractivity contribution in [2.75, 3.05) is 24.5 Å². The van der Waals surface area contributed by atoms with E-state index in [-0.39, 0.29) is 49.5 Å². The van der Waals surface area contributed by atoms with Crippen LogP contribution in [0.3, 0.4) is 0 Å². The topological polar surface area (TPSA) is 96.4 Å². The van der Waals surface area contributed by atoms with Gasteiger partial charge in [0.1, 0.15) is 18.0 Å². The Kier molecular flexibility index (Phi) is 8.89. The summed E-state index contributed by atoms with van der Waals surface area (Å²) in [4.78, 5) is 41.7. The second-order valence-electron chi connectivity index (χ2n) is 11.5. The van der Waals surface area contributed by atoms with Crippen LogP contribution >= 0.6 is 11.6 Å². The van der Waals surface area contributed by atoms with Crippen LogP contribution in [0.4, 0.5) is 18.9 Å². The number of carboxylic acid groups (broad SMARTS) is 1. The van der Waals surface area contributed by atoms with E-state index in [0.717, 1.165) is 6.07 Å². The first-order chi connectivity index (χ1) is 19.1. The smallest absolute Gasteiger partial charge is 0.481 e. The lowest BCUT2D eigenvalue weighted by molar-refractivity contribution is -0.275. The Labute approximate surface area is 241 Å². The largest absolute Gasteiger partial charge is 0.573 e. The summed E-state index contributed by atoms with van der Waals surface area (Å²) < 4.78 is 50.6. The average Bonchev–Trinajstić information content (AvgIpc) is 2.97. The van der Waals surface area contributed by atoms with Gasteiger partial charge in [-0.15, -0.1) is 13.2 Å². The molecule has 41 heavy (non-hydrogen) atoms. The van der Waals surface area contributed by atoms with Crippen molar-refractivity contribution in [3.8, 4) is 5.75 Å². The molecule has 1 N–H and O–H groups in total. The van der Waals surface area contributed by atoms with Crippen LogP contribution in [0.15, 0.2) is 42.5 Å². The van der Waals surface area contributed by atoms with Crippen molar-refractivity contribution in [3.05, 3.63) is 58.6 Å². The van der Waals surface area contributed by atoms with Crippen LogP contribution in [-0.4, -0.2) is 59.9 Å². The van der Waals surface area contributed by atoms with E-state index in [1.54, 1.807) is 12.1 Å². The number of nitrogens with zero attached hydrogens (tertiary/aromatic N) is 2. The number of carbonyl (C=O) groups is 3. The Morgan fingerprint density at radius 2 is 1.73 bits per heavy atom. The number of hydrogen-bond donors (Lipinski definition) is 1. The first-order valence-corrected chi connectivity index (χ1v) is 13.6. The second-order valence-corrected chi connectivity index (χ2v) is 11.9. The molecule has 0 unspecified atom stereocenters. The van der Waals surface area contributed by atoms with Crippen LogP contribution < -0.4 is 9.64 Å². The highest BCUT2D eigenvalue weighted by atomic mass is 35.5. The third-order valence-corrected chi connectivity index (χ3v) is 7.26. The maximum absolute atomic E-state index is 14.0. The number of hydrogen-bond acceptors (Lipinski definition) is 5. The number of fused-ring (bicyclic) bond motifs is 1. The lowest BCUT2D eigenvalue weighted by Gasteiger charge is -2.33. The van der Waals surface area contributed by atoms with Crippen molar-refractivity contribution >= 4 is 35.1 Å². The van der Waals surface area contributed by atoms with E-state index in [9.17, 15) is 32.7 Å². The summed E-state index contributed by atoms with van der Waals surface area (Å²) >= 11 is 6.33. The number of benzene rings is 2. The number of likely N-dealkylation sites (tertiary alicyclic amines) is 1. The molecule has 0 spiro atoms. The molecule has 2 atom stereocenters. The minimum atomic E-state index is -4.98. The molecule has 0 aliphatic carbocycles. The lowest BCUT2D eigenvalue weighted by atomic mass is 9.94. The van der Waals surface area contributed by atoms with Crippen LogP contribution in [-0.2, 0) is 19.1 Å². The van der Waals surface area contributed by atoms with Gasteiger partial charge in [0.2, 0.25) is 5.91 Å². The highest BCUT2D eigenvalue weighted by molar-refractivity contribution is 6.30. The molecule has 8 nitrogen and oxygen atoms in total. The van der Waals surface area contributed by atoms with Crippen molar-refractivity contribution in [2.24, 2.45) is 11.3 Å². The minimum absolute atomic E-state index is 0.0125. The monoisotopic (exact) mass is 596 g/mol. The number of halogens is 4. The van der Waals surface area contributed by atoms with Crippen LogP contribution in [0.5, 0.6) is 5.75 Å². The number of rotatable bonds is 6. The third-order valence-electron chi connectivity index (χ3n) is 7.02. The van der Waals surface area contributed by atoms with Gasteiger partial charge in [0.05, 0.1) is 12.3 Å². The quantitative estimate of drug-likeness (QED) is 0.451. The van der Waals surface area contributed by atoms with Gasteiger partial charge >= 0.3 is 12.3 Å². The number of alkyl halides is 3. The fraction of sp³-hybridized carbons (Fsp3) is 0.483. The molecule has 4 rings (SSSR count). The van der Waals surface area contributed by atoms with Crippen molar-refractivity contribution in [1.82, 2.24) is 4.90 Å². The van der Waals surface area contributed by atoms with E-state index in [4.69, 9.17) is 16.3 Å². The molecule has 2 amide bonds. The van der Waals surface area contributed by atoms with E-state index >= 15 is 0 Å². The van der Waals surface area contributed by atoms with Crippen molar-refractivity contribution in [2.45, 2.75) is 58.6 Å². The van der Waals surface area contributed by atoms with Crippen LogP contribution in [0, 0.1) is 11.3 Å². The molecule has 0 bridgehead atoms. The number of piperidine rings is 1. The number of aliphatic carboxylic acids is 1. The van der Waals surface area contributed by atoms with Crippen molar-refractivity contribution in [3.63, 3.8) is 0 Å². The predicted molar refractivity (Wildman–Crippen MR) is 145 cm³/mol. The maximum Gasteiger partial charge on any atom is 0.573 e. The molecule has 222 valence electrons. The number of para-hydroxylation sites is 1. The molecular weight excluding hydrogens is 565 g/mol. The standard InChI is InChI=1S/C29H32ClF3N2O6/c1-28(2,3)16-35-21-9-8-18(30)14-20(21)25(19-6-4-5-7-22(19)41-29(31,32)33)40-23(26(35)37)15-24(36)34-12-10-17(11-13-34)27(38)39/h4-9,14,17,23,25H,10-13,15-16H2,1-3H3,(H,38,39)/t23-,25-/m0/s1. The zero-order valence-corrected chi connectivity index (χ0v) is 23.7. The fourth-order valence-corrected chi connectivity index (χ4v) is 5.34. The summed E-state index contributed by atoms with van der Waals surface area (Å²) in [5.74, 6) is -2.91. The Hall–Kier alpha value is -3.31. The van der Waals surface area contributed by atoms with Gasteiger partial charge in [-0.3, -0.25) is 14.4 Å². The Balaban J connectivity index is 1.76. The number of ether oxygens (including phenoxy) is 2. The Bertz CT molecular complexity index is 1300. The van der Waals surface area contributed by atoms with Gasteiger partial charge in [-0.2, -0.15) is 0 Å². The highest BCUT2D eigenvalue weighted by Crippen LogP contribution is 2.44. The maximum atomic E-state index is 14.0. The first kappa shape index (κ1) is 30.6. The summed E-state index contributed by atoms with van der Waals surface area (Å²) in [7, 11) is 0. The Morgan fingerprint density at radius 3 is 2.34 bits per heavy atom. The van der Waals surface area contributed by atoms with Gasteiger partial charge in [0.15, 0.2) is 0 Å². The van der Waals surface area contributed by atoms with Gasteiger partial charge < -0.3 is 24.4 Å². The van der Waals surface area contributed by atoms with E-state index < -0.39 is 53.4 Å². The summed E-state index contributed by atoms with van der Waals surface area (Å²) in [5.41, 5.74) is 0.374. The molecule has 0 saturated carbocycles. The van der Waals surface area contributed by atoms with E-state index in [0.29, 0.717) is 11.3 Å². The highest BCUT2D eigenvalue weighted by Gasteiger charge is 2.42. The normalized spacial score (nSPS) is 20.4. The molecule has 2 aromatic carbocycles. The SMILES string of the molecule is CC(C)(C)CN1C(=O)[C@H](CC(=O)N2CCC(C(=O)O)CC2)O[C@@H](c2ccccc2OC(F)(F)F)c2cc(Cl)ccc21. The van der Waals surface area contributed by atoms with Gasteiger partial charge in [0.25, 0.3) is 5.91 Å². The first-order valence-electron chi connectivity index (χ1n) is 13.2. The van der Waals surface area contributed by atoms with Gasteiger partial charge in [0, 0.05) is 41.5 Å². The van der Waals surface area contributed by atoms with Crippen molar-refractivity contribution < 1.29 is 42.1 Å². The molecule has 2 aromatic rings. The molecular formula is C29H32ClF3N2O6. The summed E-state index contributed by atoms with van der Waals surface area (Å²) in [6.45, 7) is 6.44. The number of carbonyl (C=O) groups excluding carboxylic acids is 2. The average molecular weight is 597 g/mol. The summed E-state index contributed by atoms with van der Waals surface area (Å²) in [6, 6.07) is 10.2. The van der Waals surface area contributed by atoms with Gasteiger partial charge in [-0.05, 0) is 42.5 Å². The molecule has 12 heteroatoms. The molecule has 0 aromatic heterocycles. The van der Waals surface area contributed by atoms with E-state index in [1.165, 1.54) is 34.1 Å². The zero-order chi connectivity index (χ0) is 30.1. The Morgan fingerprint density at radius 1 is 1.07 bits per heavy atom. The molecule has 0 radical (unpaired) electrons. The molecule has 2 aliphatic heterocycles. The third kappa shape index (κ3) is 7.51. The number of carboxylic acids is 1. The zero-order valence-electron chi connectivity index (χ0n) is 22.9. The summed E-state index contributed by atoms with van der Waals surface area (Å²) in [6.07, 6.45) is -7.37. The number of anilines is 1. The molecule has 2 aliphatic rings. The fourth-order valence-electron chi connectivity index (χ4n) is 5.16. The van der Waals surface area contributed by atoms with Gasteiger partial charge in [-0.1, -0.05) is 50.6 Å².